The zero-order chi connectivity index (χ0) is 43.3. The van der Waals surface area contributed by atoms with Crippen molar-refractivity contribution in [3.05, 3.63) is 206 Å². The Morgan fingerprint density at radius 2 is 0.955 bits per heavy atom. The van der Waals surface area contributed by atoms with Crippen LogP contribution in [0.25, 0.3) is 130 Å². The number of rotatable bonds is 6. The van der Waals surface area contributed by atoms with Gasteiger partial charge in [-0.3, -0.25) is 4.57 Å². The van der Waals surface area contributed by atoms with Gasteiger partial charge in [-0.25, -0.2) is 9.97 Å². The standard InChI is InChI=1S/C58H34N6S2/c1-3-16-35(17-4-1)55-60-56(45-26-14-27-46-54(45)66-57(59-46)36-18-5-2-6-19-36)62-58(61-55)64-48-29-11-8-23-41(48)43-33-32-42-40-22-7-10-28-47(40)63(52(42)53(43)64)38-21-13-20-37(34-38)39-25-15-31-50-51(39)44-24-9-12-30-49(44)65-50/h1-34H. The third-order valence-corrected chi connectivity index (χ3v) is 15.1. The molecule has 0 saturated carbocycles. The third-order valence-electron chi connectivity index (χ3n) is 12.8. The minimum atomic E-state index is 0.545. The van der Waals surface area contributed by atoms with Crippen LogP contribution in [0, 0.1) is 0 Å². The summed E-state index contributed by atoms with van der Waals surface area (Å²) in [4.78, 5) is 21.2. The van der Waals surface area contributed by atoms with E-state index in [2.05, 4.69) is 191 Å². The highest BCUT2D eigenvalue weighted by atomic mass is 32.1. The molecule has 0 atom stereocenters. The van der Waals surface area contributed by atoms with Crippen molar-refractivity contribution in [3.8, 4) is 56.1 Å². The largest absolute Gasteiger partial charge is 0.307 e. The zero-order valence-electron chi connectivity index (χ0n) is 35.1. The molecule has 0 saturated heterocycles. The lowest BCUT2D eigenvalue weighted by Crippen LogP contribution is -2.07. The van der Waals surface area contributed by atoms with Crippen molar-refractivity contribution in [3.63, 3.8) is 0 Å². The Hall–Kier alpha value is -8.30. The molecule has 0 fully saturated rings. The Labute approximate surface area is 386 Å². The van der Waals surface area contributed by atoms with Crippen LogP contribution in [-0.2, 0) is 0 Å². The Morgan fingerprint density at radius 1 is 0.364 bits per heavy atom. The molecular formula is C58H34N6S2. The van der Waals surface area contributed by atoms with Gasteiger partial charge in [-0.1, -0.05) is 158 Å². The molecule has 0 bridgehead atoms. The first-order valence-corrected chi connectivity index (χ1v) is 23.6. The van der Waals surface area contributed by atoms with Gasteiger partial charge >= 0.3 is 0 Å². The van der Waals surface area contributed by atoms with Crippen LogP contribution in [-0.4, -0.2) is 29.1 Å². The predicted molar refractivity (Wildman–Crippen MR) is 276 cm³/mol. The highest BCUT2D eigenvalue weighted by Crippen LogP contribution is 2.44. The van der Waals surface area contributed by atoms with E-state index in [1.807, 2.05) is 35.6 Å². The molecule has 9 aromatic carbocycles. The van der Waals surface area contributed by atoms with Gasteiger partial charge in [0.1, 0.15) is 5.01 Å². The van der Waals surface area contributed by atoms with Crippen LogP contribution in [0.15, 0.2) is 206 Å². The molecule has 5 aromatic heterocycles. The molecule has 0 radical (unpaired) electrons. The van der Waals surface area contributed by atoms with Gasteiger partial charge < -0.3 is 4.57 Å². The number of hydrogen-bond donors (Lipinski definition) is 0. The molecule has 308 valence electrons. The second-order valence-electron chi connectivity index (χ2n) is 16.6. The smallest absolute Gasteiger partial charge is 0.238 e. The fourth-order valence-electron chi connectivity index (χ4n) is 9.94. The van der Waals surface area contributed by atoms with Crippen LogP contribution in [0.5, 0.6) is 0 Å². The summed E-state index contributed by atoms with van der Waals surface area (Å²) in [5.41, 5.74) is 11.5. The lowest BCUT2D eigenvalue weighted by Gasteiger charge is -2.14. The number of benzene rings is 9. The van der Waals surface area contributed by atoms with E-state index in [1.165, 1.54) is 36.7 Å². The number of thiazole rings is 1. The minimum Gasteiger partial charge on any atom is -0.307 e. The summed E-state index contributed by atoms with van der Waals surface area (Å²) < 4.78 is 8.33. The first-order valence-electron chi connectivity index (χ1n) is 22.0. The summed E-state index contributed by atoms with van der Waals surface area (Å²) >= 11 is 3.52. The van der Waals surface area contributed by atoms with Crippen LogP contribution in [0.4, 0.5) is 0 Å². The van der Waals surface area contributed by atoms with Gasteiger partial charge in [-0.2, -0.15) is 9.97 Å². The van der Waals surface area contributed by atoms with Crippen molar-refractivity contribution >= 4 is 96.7 Å². The fraction of sp³-hybridized carbons (Fsp3) is 0. The number of hydrogen-bond acceptors (Lipinski definition) is 6. The molecule has 5 heterocycles. The zero-order valence-corrected chi connectivity index (χ0v) is 36.8. The highest BCUT2D eigenvalue weighted by molar-refractivity contribution is 7.26. The normalized spacial score (nSPS) is 11.9. The molecule has 0 aliphatic rings. The topological polar surface area (TPSA) is 61.4 Å². The number of para-hydroxylation sites is 2. The van der Waals surface area contributed by atoms with Gasteiger partial charge in [0.25, 0.3) is 0 Å². The van der Waals surface area contributed by atoms with Crippen LogP contribution in [0.2, 0.25) is 0 Å². The fourth-order valence-corrected chi connectivity index (χ4v) is 12.1. The molecular weight excluding hydrogens is 845 g/mol. The van der Waals surface area contributed by atoms with E-state index in [0.29, 0.717) is 17.6 Å². The second kappa shape index (κ2) is 14.6. The lowest BCUT2D eigenvalue weighted by atomic mass is 9.99. The molecule has 0 unspecified atom stereocenters. The maximum atomic E-state index is 5.48. The number of thiophene rings is 1. The average molecular weight is 879 g/mol. The minimum absolute atomic E-state index is 0.545. The van der Waals surface area contributed by atoms with Crippen molar-refractivity contribution in [2.75, 3.05) is 0 Å². The lowest BCUT2D eigenvalue weighted by molar-refractivity contribution is 0.954. The van der Waals surface area contributed by atoms with Gasteiger partial charge in [0, 0.05) is 64.1 Å². The molecule has 66 heavy (non-hydrogen) atoms. The van der Waals surface area contributed by atoms with Crippen LogP contribution < -0.4 is 0 Å². The van der Waals surface area contributed by atoms with E-state index >= 15 is 0 Å². The van der Waals surface area contributed by atoms with Crippen LogP contribution in [0.1, 0.15) is 0 Å². The molecule has 6 nitrogen and oxygen atoms in total. The SMILES string of the molecule is c1ccc(-c2nc(-c3cccc4nc(-c5ccccc5)sc34)nc(-n3c4ccccc4c4ccc5c6ccccc6n(-c6cccc(-c7cccc8sc9ccccc9c78)c6)c5c43)n2)cc1. The summed E-state index contributed by atoms with van der Waals surface area (Å²) in [6.45, 7) is 0. The summed E-state index contributed by atoms with van der Waals surface area (Å²) in [6.07, 6.45) is 0. The number of fused-ring (bicyclic) bond motifs is 11. The molecule has 14 aromatic rings. The number of aromatic nitrogens is 6. The predicted octanol–water partition coefficient (Wildman–Crippen LogP) is 15.7. The Kier molecular flexibility index (Phi) is 8.22. The Morgan fingerprint density at radius 3 is 1.74 bits per heavy atom. The highest BCUT2D eigenvalue weighted by Gasteiger charge is 2.25. The van der Waals surface area contributed by atoms with Crippen LogP contribution >= 0.6 is 22.7 Å². The van der Waals surface area contributed by atoms with Gasteiger partial charge in [0.15, 0.2) is 11.6 Å². The van der Waals surface area contributed by atoms with Gasteiger partial charge in [0.2, 0.25) is 5.95 Å². The van der Waals surface area contributed by atoms with Gasteiger partial charge in [-0.05, 0) is 59.7 Å². The molecule has 8 heteroatoms. The van der Waals surface area contributed by atoms with E-state index in [0.717, 1.165) is 75.8 Å². The van der Waals surface area contributed by atoms with Gasteiger partial charge in [-0.15, -0.1) is 22.7 Å². The van der Waals surface area contributed by atoms with Crippen molar-refractivity contribution in [1.82, 2.24) is 29.1 Å². The Balaban J connectivity index is 1.06. The molecule has 0 aliphatic carbocycles. The average Bonchev–Trinajstić information content (AvgIpc) is 4.16. The maximum Gasteiger partial charge on any atom is 0.238 e. The summed E-state index contributed by atoms with van der Waals surface area (Å²) in [6, 6.07) is 73.2. The van der Waals surface area contributed by atoms with Crippen molar-refractivity contribution in [1.29, 1.82) is 0 Å². The molecule has 14 rings (SSSR count). The Bertz CT molecular complexity index is 4240. The monoisotopic (exact) mass is 878 g/mol. The van der Waals surface area contributed by atoms with E-state index in [4.69, 9.17) is 19.9 Å². The quantitative estimate of drug-likeness (QED) is 0.167. The molecule has 0 aliphatic heterocycles. The van der Waals surface area contributed by atoms with Crippen LogP contribution in [0.3, 0.4) is 0 Å². The van der Waals surface area contributed by atoms with Crippen molar-refractivity contribution in [2.24, 2.45) is 0 Å². The van der Waals surface area contributed by atoms with E-state index in [1.54, 1.807) is 11.3 Å². The number of nitrogens with zero attached hydrogens (tertiary/aromatic N) is 6. The molecule has 0 N–H and O–H groups in total. The first kappa shape index (κ1) is 37.1. The summed E-state index contributed by atoms with van der Waals surface area (Å²) in [7, 11) is 0. The molecule has 0 amide bonds. The van der Waals surface area contributed by atoms with Crippen molar-refractivity contribution < 1.29 is 0 Å². The summed E-state index contributed by atoms with van der Waals surface area (Å²) in [5.74, 6) is 1.74. The summed E-state index contributed by atoms with van der Waals surface area (Å²) in [5, 5.41) is 8.11. The van der Waals surface area contributed by atoms with E-state index in [-0.39, 0.29) is 0 Å². The second-order valence-corrected chi connectivity index (χ2v) is 18.7. The van der Waals surface area contributed by atoms with E-state index in [9.17, 15) is 0 Å². The van der Waals surface area contributed by atoms with Crippen molar-refractivity contribution in [2.45, 2.75) is 0 Å². The first-order chi connectivity index (χ1) is 32.7. The van der Waals surface area contributed by atoms with E-state index < -0.39 is 0 Å². The maximum absolute atomic E-state index is 5.48. The third kappa shape index (κ3) is 5.65. The van der Waals surface area contributed by atoms with Gasteiger partial charge in [0.05, 0.1) is 32.3 Å². The molecule has 0 spiro atoms.